The Balaban J connectivity index is 1.54. The van der Waals surface area contributed by atoms with Crippen molar-refractivity contribution in [3.63, 3.8) is 0 Å². The Bertz CT molecular complexity index is 833. The topological polar surface area (TPSA) is 46.6 Å². The van der Waals surface area contributed by atoms with Gasteiger partial charge in [0, 0.05) is 12.1 Å². The summed E-state index contributed by atoms with van der Waals surface area (Å²) in [6.07, 6.45) is 1.71. The number of fused-ring (bicyclic) bond motifs is 2. The van der Waals surface area contributed by atoms with Gasteiger partial charge in [0.2, 0.25) is 5.91 Å². The van der Waals surface area contributed by atoms with Gasteiger partial charge in [-0.05, 0) is 36.6 Å². The zero-order valence-electron chi connectivity index (χ0n) is 13.7. The van der Waals surface area contributed by atoms with Gasteiger partial charge in [0.25, 0.3) is 0 Å². The van der Waals surface area contributed by atoms with Crippen molar-refractivity contribution in [2.45, 2.75) is 24.9 Å². The zero-order valence-corrected chi connectivity index (χ0v) is 13.7. The van der Waals surface area contributed by atoms with Crippen molar-refractivity contribution in [2.75, 3.05) is 13.1 Å². The Morgan fingerprint density at radius 1 is 1.16 bits per heavy atom. The second-order valence-corrected chi connectivity index (χ2v) is 6.65. The number of carbonyl (C=O) groups is 2. The Morgan fingerprint density at radius 2 is 1.92 bits per heavy atom. The third-order valence-electron chi connectivity index (χ3n) is 5.00. The lowest BCUT2D eigenvalue weighted by Gasteiger charge is -2.39. The highest BCUT2D eigenvalue weighted by atomic mass is 19.1. The predicted octanol–water partition coefficient (Wildman–Crippen LogP) is 3.06. The van der Waals surface area contributed by atoms with Gasteiger partial charge in [-0.3, -0.25) is 4.79 Å². The van der Waals surface area contributed by atoms with Gasteiger partial charge < -0.3 is 9.64 Å². The van der Waals surface area contributed by atoms with Crippen LogP contribution < -0.4 is 0 Å². The van der Waals surface area contributed by atoms with Crippen LogP contribution in [0.3, 0.4) is 0 Å². The number of nitrogens with zero attached hydrogens (tertiary/aromatic N) is 1. The number of benzene rings is 2. The molecule has 2 aromatic rings. The summed E-state index contributed by atoms with van der Waals surface area (Å²) >= 11 is 0. The molecule has 1 fully saturated rings. The normalized spacial score (nSPS) is 22.0. The molecule has 0 bridgehead atoms. The summed E-state index contributed by atoms with van der Waals surface area (Å²) in [4.78, 5) is 26.6. The first kappa shape index (κ1) is 15.8. The number of likely N-dealkylation sites (tertiary alicyclic amines) is 1. The number of carbonyl (C=O) groups excluding carboxylic acids is 2. The van der Waals surface area contributed by atoms with Gasteiger partial charge in [0.15, 0.2) is 5.60 Å². The first-order valence-electron chi connectivity index (χ1n) is 8.42. The van der Waals surface area contributed by atoms with Gasteiger partial charge in [-0.15, -0.1) is 0 Å². The highest BCUT2D eigenvalue weighted by molar-refractivity contribution is 5.95. The number of amides is 1. The number of hydrogen-bond donors (Lipinski definition) is 0. The lowest BCUT2D eigenvalue weighted by Crippen LogP contribution is -2.49. The van der Waals surface area contributed by atoms with Crippen LogP contribution in [0.4, 0.5) is 4.39 Å². The van der Waals surface area contributed by atoms with Gasteiger partial charge in [-0.1, -0.05) is 30.3 Å². The molecule has 0 radical (unpaired) electrons. The predicted molar refractivity (Wildman–Crippen MR) is 89.5 cm³/mol. The molecule has 2 aromatic carbocycles. The highest BCUT2D eigenvalue weighted by Crippen LogP contribution is 2.42. The standard InChI is InChI=1S/C20H18FNO3/c21-15-8-6-14(7-9-15)12-18(23)22-11-3-10-20(13-22)17-5-2-1-4-16(17)19(24)25-20/h1-2,4-9H,3,10-13H2. The van der Waals surface area contributed by atoms with Crippen molar-refractivity contribution in [2.24, 2.45) is 0 Å². The molecule has 4 nitrogen and oxygen atoms in total. The van der Waals surface area contributed by atoms with Crippen LogP contribution in [0, 0.1) is 5.82 Å². The number of rotatable bonds is 2. The number of ether oxygens (including phenoxy) is 1. The molecule has 1 unspecified atom stereocenters. The number of halogens is 1. The molecule has 1 saturated heterocycles. The number of hydrogen-bond acceptors (Lipinski definition) is 3. The molecule has 0 N–H and O–H groups in total. The number of esters is 1. The van der Waals surface area contributed by atoms with Gasteiger partial charge in [0.1, 0.15) is 5.82 Å². The molecule has 25 heavy (non-hydrogen) atoms. The van der Waals surface area contributed by atoms with Crippen LogP contribution in [0.2, 0.25) is 0 Å². The van der Waals surface area contributed by atoms with Crippen LogP contribution >= 0.6 is 0 Å². The summed E-state index contributed by atoms with van der Waals surface area (Å²) in [6.45, 7) is 1.01. The van der Waals surface area contributed by atoms with E-state index in [4.69, 9.17) is 4.74 Å². The van der Waals surface area contributed by atoms with E-state index < -0.39 is 5.60 Å². The summed E-state index contributed by atoms with van der Waals surface area (Å²) in [5.41, 5.74) is 1.51. The molecule has 5 heteroatoms. The van der Waals surface area contributed by atoms with E-state index in [9.17, 15) is 14.0 Å². The van der Waals surface area contributed by atoms with E-state index >= 15 is 0 Å². The molecule has 2 aliphatic heterocycles. The molecule has 1 spiro atoms. The van der Waals surface area contributed by atoms with Crippen molar-refractivity contribution < 1.29 is 18.7 Å². The maximum atomic E-state index is 13.0. The van der Waals surface area contributed by atoms with Gasteiger partial charge in [-0.2, -0.15) is 0 Å². The molecule has 128 valence electrons. The summed E-state index contributed by atoms with van der Waals surface area (Å²) < 4.78 is 18.7. The second kappa shape index (κ2) is 5.99. The van der Waals surface area contributed by atoms with E-state index in [1.165, 1.54) is 12.1 Å². The minimum Gasteiger partial charge on any atom is -0.449 e. The molecule has 0 saturated carbocycles. The van der Waals surface area contributed by atoms with Gasteiger partial charge in [-0.25, -0.2) is 9.18 Å². The van der Waals surface area contributed by atoms with Gasteiger partial charge in [0.05, 0.1) is 18.5 Å². The smallest absolute Gasteiger partial charge is 0.339 e. The number of piperidine rings is 1. The van der Waals surface area contributed by atoms with Crippen molar-refractivity contribution in [1.29, 1.82) is 0 Å². The fourth-order valence-corrected chi connectivity index (χ4v) is 3.77. The Morgan fingerprint density at radius 3 is 2.72 bits per heavy atom. The van der Waals surface area contributed by atoms with E-state index in [0.717, 1.165) is 24.0 Å². The molecule has 1 atom stereocenters. The van der Waals surface area contributed by atoms with Crippen molar-refractivity contribution >= 4 is 11.9 Å². The van der Waals surface area contributed by atoms with Crippen LogP contribution in [0.15, 0.2) is 48.5 Å². The van der Waals surface area contributed by atoms with Crippen molar-refractivity contribution in [3.8, 4) is 0 Å². The van der Waals surface area contributed by atoms with E-state index in [1.807, 2.05) is 18.2 Å². The Kier molecular flexibility index (Phi) is 3.79. The Labute approximate surface area is 145 Å². The molecule has 4 rings (SSSR count). The molecule has 1 amide bonds. The summed E-state index contributed by atoms with van der Waals surface area (Å²) in [5, 5.41) is 0. The Hall–Kier alpha value is -2.69. The third-order valence-corrected chi connectivity index (χ3v) is 5.00. The first-order valence-corrected chi connectivity index (χ1v) is 8.42. The van der Waals surface area contributed by atoms with E-state index in [-0.39, 0.29) is 24.1 Å². The van der Waals surface area contributed by atoms with Crippen LogP contribution in [0.5, 0.6) is 0 Å². The highest BCUT2D eigenvalue weighted by Gasteiger charge is 2.48. The minimum absolute atomic E-state index is 0.0360. The molecule has 2 heterocycles. The lowest BCUT2D eigenvalue weighted by molar-refractivity contribution is -0.138. The minimum atomic E-state index is -0.732. The van der Waals surface area contributed by atoms with Gasteiger partial charge >= 0.3 is 5.97 Å². The third kappa shape index (κ3) is 2.80. The fourth-order valence-electron chi connectivity index (χ4n) is 3.77. The quantitative estimate of drug-likeness (QED) is 0.790. The monoisotopic (exact) mass is 339 g/mol. The fraction of sp³-hybridized carbons (Fsp3) is 0.300. The molecule has 0 aromatic heterocycles. The van der Waals surface area contributed by atoms with E-state index in [2.05, 4.69) is 0 Å². The summed E-state index contributed by atoms with van der Waals surface area (Å²) in [7, 11) is 0. The molecular weight excluding hydrogens is 321 g/mol. The van der Waals surface area contributed by atoms with Crippen LogP contribution in [-0.2, 0) is 21.6 Å². The van der Waals surface area contributed by atoms with Crippen molar-refractivity contribution in [1.82, 2.24) is 4.90 Å². The van der Waals surface area contributed by atoms with Crippen LogP contribution in [0.1, 0.15) is 34.3 Å². The molecule has 0 aliphatic carbocycles. The van der Waals surface area contributed by atoms with Crippen LogP contribution in [-0.4, -0.2) is 29.9 Å². The lowest BCUT2D eigenvalue weighted by atomic mass is 9.85. The summed E-state index contributed by atoms with van der Waals surface area (Å²) in [5.74, 6) is -0.669. The second-order valence-electron chi connectivity index (χ2n) is 6.65. The average Bonchev–Trinajstić information content (AvgIpc) is 2.89. The SMILES string of the molecule is O=C1OC2(CCCN(C(=O)Cc3ccc(F)cc3)C2)c2ccccc21. The summed E-state index contributed by atoms with van der Waals surface area (Å²) in [6, 6.07) is 13.3. The largest absolute Gasteiger partial charge is 0.449 e. The van der Waals surface area contributed by atoms with E-state index in [1.54, 1.807) is 23.1 Å². The maximum Gasteiger partial charge on any atom is 0.339 e. The van der Waals surface area contributed by atoms with E-state index in [0.29, 0.717) is 18.7 Å². The van der Waals surface area contributed by atoms with Crippen LogP contribution in [0.25, 0.3) is 0 Å². The molecule has 2 aliphatic rings. The molecular formula is C20H18FNO3. The van der Waals surface area contributed by atoms with Crippen molar-refractivity contribution in [3.05, 3.63) is 71.0 Å². The zero-order chi connectivity index (χ0) is 17.4. The maximum absolute atomic E-state index is 13.0. The first-order chi connectivity index (χ1) is 12.1. The average molecular weight is 339 g/mol.